The van der Waals surface area contributed by atoms with Gasteiger partial charge in [0.1, 0.15) is 0 Å². The second-order valence-electron chi connectivity index (χ2n) is 5.40. The Hall–Kier alpha value is -1.47. The number of pyridine rings is 1. The van der Waals surface area contributed by atoms with Crippen LogP contribution in [0, 0.1) is 11.6 Å². The van der Waals surface area contributed by atoms with Crippen molar-refractivity contribution in [3.05, 3.63) is 17.7 Å². The van der Waals surface area contributed by atoms with Gasteiger partial charge in [-0.3, -0.25) is 4.90 Å². The summed E-state index contributed by atoms with van der Waals surface area (Å²) in [5.41, 5.74) is 2.16. The molecule has 0 aromatic carbocycles. The molecule has 3 N–H and O–H groups in total. The van der Waals surface area contributed by atoms with Crippen molar-refractivity contribution < 1.29 is 8.78 Å². The van der Waals surface area contributed by atoms with Gasteiger partial charge in [-0.2, -0.15) is 0 Å². The van der Waals surface area contributed by atoms with Gasteiger partial charge >= 0.3 is 0 Å². The highest BCUT2D eigenvalue weighted by molar-refractivity contribution is 5.49. The van der Waals surface area contributed by atoms with Crippen molar-refractivity contribution in [1.29, 1.82) is 0 Å². The molecule has 2 fully saturated rings. The molecule has 0 aliphatic carbocycles. The molecule has 1 aromatic rings. The summed E-state index contributed by atoms with van der Waals surface area (Å²) in [6, 6.07) is 1.28. The molecule has 2 saturated heterocycles. The maximum Gasteiger partial charge on any atom is 0.178 e. The Morgan fingerprint density at radius 1 is 1.20 bits per heavy atom. The zero-order chi connectivity index (χ0) is 14.1. The first-order valence-corrected chi connectivity index (χ1v) is 7.00. The first kappa shape index (κ1) is 13.5. The van der Waals surface area contributed by atoms with Gasteiger partial charge in [-0.15, -0.1) is 0 Å². The SMILES string of the molecule is NNc1nc(N2CCC(N3CCCC3)C2)c(F)cc1F. The second kappa shape index (κ2) is 5.49. The smallest absolute Gasteiger partial charge is 0.178 e. The predicted molar refractivity (Wildman–Crippen MR) is 73.4 cm³/mol. The van der Waals surface area contributed by atoms with Crippen LogP contribution in [0.4, 0.5) is 20.4 Å². The average Bonchev–Trinajstić information content (AvgIpc) is 3.09. The van der Waals surface area contributed by atoms with Crippen LogP contribution in [0.1, 0.15) is 19.3 Å². The number of nitrogens with one attached hydrogen (secondary N) is 1. The van der Waals surface area contributed by atoms with E-state index in [4.69, 9.17) is 5.84 Å². The van der Waals surface area contributed by atoms with E-state index in [0.29, 0.717) is 6.04 Å². The molecule has 1 atom stereocenters. The molecule has 0 radical (unpaired) electrons. The van der Waals surface area contributed by atoms with Gasteiger partial charge in [0.05, 0.1) is 0 Å². The van der Waals surface area contributed by atoms with Crippen molar-refractivity contribution >= 4 is 11.6 Å². The van der Waals surface area contributed by atoms with E-state index >= 15 is 0 Å². The summed E-state index contributed by atoms with van der Waals surface area (Å²) in [5.74, 6) is 3.85. The molecule has 0 saturated carbocycles. The van der Waals surface area contributed by atoms with E-state index in [2.05, 4.69) is 15.3 Å². The van der Waals surface area contributed by atoms with Crippen molar-refractivity contribution in [3.63, 3.8) is 0 Å². The third-order valence-electron chi connectivity index (χ3n) is 4.17. The Morgan fingerprint density at radius 2 is 1.95 bits per heavy atom. The first-order valence-electron chi connectivity index (χ1n) is 7.00. The number of nitrogens with two attached hydrogens (primary N) is 1. The zero-order valence-corrected chi connectivity index (χ0v) is 11.3. The van der Waals surface area contributed by atoms with Gasteiger partial charge in [0, 0.05) is 25.2 Å². The molecule has 110 valence electrons. The normalized spacial score (nSPS) is 23.6. The molecular formula is C13H19F2N5. The highest BCUT2D eigenvalue weighted by Gasteiger charge is 2.31. The summed E-state index contributed by atoms with van der Waals surface area (Å²) in [4.78, 5) is 8.28. The Labute approximate surface area is 116 Å². The molecule has 3 rings (SSSR count). The fraction of sp³-hybridized carbons (Fsp3) is 0.615. The van der Waals surface area contributed by atoms with E-state index < -0.39 is 11.6 Å². The van der Waals surface area contributed by atoms with Gasteiger partial charge in [0.15, 0.2) is 23.3 Å². The molecule has 2 aliphatic heterocycles. The number of nitrogens with zero attached hydrogens (tertiary/aromatic N) is 3. The number of halogens is 2. The highest BCUT2D eigenvalue weighted by atomic mass is 19.1. The van der Waals surface area contributed by atoms with Gasteiger partial charge in [-0.25, -0.2) is 19.6 Å². The minimum atomic E-state index is -0.774. The van der Waals surface area contributed by atoms with Crippen molar-refractivity contribution in [1.82, 2.24) is 9.88 Å². The molecule has 2 aliphatic rings. The fourth-order valence-electron chi connectivity index (χ4n) is 3.12. The van der Waals surface area contributed by atoms with E-state index in [1.807, 2.05) is 4.90 Å². The minimum Gasteiger partial charge on any atom is -0.352 e. The number of likely N-dealkylation sites (tertiary alicyclic amines) is 1. The van der Waals surface area contributed by atoms with Crippen LogP contribution in [0.5, 0.6) is 0 Å². The Bertz CT molecular complexity index is 490. The van der Waals surface area contributed by atoms with Crippen LogP contribution < -0.4 is 16.2 Å². The molecule has 0 bridgehead atoms. The second-order valence-corrected chi connectivity index (χ2v) is 5.40. The molecular weight excluding hydrogens is 264 g/mol. The minimum absolute atomic E-state index is 0.119. The van der Waals surface area contributed by atoms with Gasteiger partial charge in [0.25, 0.3) is 0 Å². The summed E-state index contributed by atoms with van der Waals surface area (Å²) in [6.07, 6.45) is 3.46. The molecule has 3 heterocycles. The number of hydrazine groups is 1. The van der Waals surface area contributed by atoms with Crippen LogP contribution in [-0.4, -0.2) is 42.1 Å². The van der Waals surface area contributed by atoms with Crippen LogP contribution >= 0.6 is 0 Å². The fourth-order valence-corrected chi connectivity index (χ4v) is 3.12. The van der Waals surface area contributed by atoms with E-state index in [9.17, 15) is 8.78 Å². The average molecular weight is 283 g/mol. The van der Waals surface area contributed by atoms with E-state index in [1.54, 1.807) is 0 Å². The van der Waals surface area contributed by atoms with Crippen LogP contribution in [0.3, 0.4) is 0 Å². The van der Waals surface area contributed by atoms with Crippen molar-refractivity contribution in [2.75, 3.05) is 36.5 Å². The quantitative estimate of drug-likeness (QED) is 0.647. The van der Waals surface area contributed by atoms with Crippen LogP contribution in [0.25, 0.3) is 0 Å². The number of anilines is 2. The first-order chi connectivity index (χ1) is 9.69. The summed E-state index contributed by atoms with van der Waals surface area (Å²) in [6.45, 7) is 3.71. The predicted octanol–water partition coefficient (Wildman–Crippen LogP) is 1.32. The Kier molecular flexibility index (Phi) is 3.71. The number of rotatable bonds is 3. The van der Waals surface area contributed by atoms with Crippen LogP contribution in [-0.2, 0) is 0 Å². The van der Waals surface area contributed by atoms with Crippen molar-refractivity contribution in [2.45, 2.75) is 25.3 Å². The number of nitrogen functional groups attached to an aromatic ring is 1. The monoisotopic (exact) mass is 283 g/mol. The Morgan fingerprint density at radius 3 is 2.65 bits per heavy atom. The molecule has 5 nitrogen and oxygen atoms in total. The third kappa shape index (κ3) is 2.43. The largest absolute Gasteiger partial charge is 0.352 e. The summed E-state index contributed by atoms with van der Waals surface area (Å²) < 4.78 is 27.3. The maximum absolute atomic E-state index is 13.9. The number of hydrogen-bond acceptors (Lipinski definition) is 5. The highest BCUT2D eigenvalue weighted by Crippen LogP contribution is 2.27. The lowest BCUT2D eigenvalue weighted by atomic mass is 10.2. The van der Waals surface area contributed by atoms with Crippen LogP contribution in [0.15, 0.2) is 6.07 Å². The van der Waals surface area contributed by atoms with Crippen molar-refractivity contribution in [2.24, 2.45) is 5.84 Å². The van der Waals surface area contributed by atoms with Crippen LogP contribution in [0.2, 0.25) is 0 Å². The van der Waals surface area contributed by atoms with E-state index in [-0.39, 0.29) is 11.6 Å². The standard InChI is InChI=1S/C13H19F2N5/c14-10-7-11(15)13(17-12(10)18-16)20-6-3-9(8-20)19-4-1-2-5-19/h7,9H,1-6,8,16H2,(H,17,18). The summed E-state index contributed by atoms with van der Waals surface area (Å²) in [5, 5.41) is 0. The lowest BCUT2D eigenvalue weighted by Crippen LogP contribution is -2.35. The van der Waals surface area contributed by atoms with E-state index in [0.717, 1.165) is 38.7 Å². The topological polar surface area (TPSA) is 57.4 Å². The van der Waals surface area contributed by atoms with Gasteiger partial charge in [-0.1, -0.05) is 0 Å². The Balaban J connectivity index is 1.76. The summed E-state index contributed by atoms with van der Waals surface area (Å²) in [7, 11) is 0. The summed E-state index contributed by atoms with van der Waals surface area (Å²) >= 11 is 0. The van der Waals surface area contributed by atoms with Gasteiger partial charge in [-0.05, 0) is 32.4 Å². The molecule has 0 amide bonds. The molecule has 20 heavy (non-hydrogen) atoms. The molecule has 1 unspecified atom stereocenters. The number of hydrogen-bond donors (Lipinski definition) is 2. The van der Waals surface area contributed by atoms with E-state index in [1.165, 1.54) is 12.8 Å². The molecule has 1 aromatic heterocycles. The van der Waals surface area contributed by atoms with Gasteiger partial charge < -0.3 is 10.3 Å². The zero-order valence-electron chi connectivity index (χ0n) is 11.3. The van der Waals surface area contributed by atoms with Crippen molar-refractivity contribution in [3.8, 4) is 0 Å². The molecule has 7 heteroatoms. The lowest BCUT2D eigenvalue weighted by Gasteiger charge is -2.24. The third-order valence-corrected chi connectivity index (χ3v) is 4.17. The molecule has 0 spiro atoms. The number of aromatic nitrogens is 1. The van der Waals surface area contributed by atoms with Gasteiger partial charge in [0.2, 0.25) is 0 Å². The maximum atomic E-state index is 13.9. The lowest BCUT2D eigenvalue weighted by molar-refractivity contribution is 0.260.